The molecule has 1 aromatic carbocycles. The van der Waals surface area contributed by atoms with Crippen molar-refractivity contribution < 1.29 is 4.74 Å². The average molecular weight is 643 g/mol. The van der Waals surface area contributed by atoms with Crippen LogP contribution in [0.3, 0.4) is 0 Å². The zero-order chi connectivity index (χ0) is 32.1. The third-order valence-corrected chi connectivity index (χ3v) is 13.4. The average Bonchev–Trinajstić information content (AvgIpc) is 3.81. The monoisotopic (exact) mass is 642 g/mol. The van der Waals surface area contributed by atoms with Crippen LogP contribution in [0.25, 0.3) is 22.7 Å². The highest BCUT2D eigenvalue weighted by Crippen LogP contribution is 2.58. The minimum atomic E-state index is 0.192. The topological polar surface area (TPSA) is 17.4 Å². The number of ether oxygens (including phenoxy) is 1. The number of benzene rings is 1. The molecule has 2 aromatic rings. The van der Waals surface area contributed by atoms with Crippen molar-refractivity contribution in [1.29, 1.82) is 0 Å². The van der Waals surface area contributed by atoms with Gasteiger partial charge in [-0.05, 0) is 123 Å². The molecule has 0 spiro atoms. The van der Waals surface area contributed by atoms with Crippen molar-refractivity contribution in [2.75, 3.05) is 4.90 Å². The van der Waals surface area contributed by atoms with Crippen LogP contribution in [-0.2, 0) is 11.2 Å². The van der Waals surface area contributed by atoms with Crippen LogP contribution in [0.5, 0.6) is 0 Å². The van der Waals surface area contributed by atoms with Crippen LogP contribution < -0.4 is 4.90 Å². The lowest BCUT2D eigenvalue weighted by atomic mass is 9.66. The molecule has 9 aliphatic rings. The van der Waals surface area contributed by atoms with Gasteiger partial charge in [-0.2, -0.15) is 0 Å². The number of allylic oxidation sites excluding steroid dienone is 14. The molecule has 2 aliphatic heterocycles. The number of aromatic nitrogens is 1. The summed E-state index contributed by atoms with van der Waals surface area (Å²) in [5.74, 6) is 4.13. The summed E-state index contributed by atoms with van der Waals surface area (Å²) in [6.45, 7) is 0. The zero-order valence-corrected chi connectivity index (χ0v) is 28.5. The molecule has 7 aliphatic carbocycles. The van der Waals surface area contributed by atoms with E-state index < -0.39 is 0 Å². The molecule has 0 radical (unpaired) electrons. The smallest absolute Gasteiger partial charge is 0.128 e. The Morgan fingerprint density at radius 3 is 2.73 bits per heavy atom. The second-order valence-corrected chi connectivity index (χ2v) is 15.9. The van der Waals surface area contributed by atoms with Gasteiger partial charge in [0.05, 0.1) is 11.2 Å². The first-order valence-electron chi connectivity index (χ1n) is 19.4. The molecule has 6 unspecified atom stereocenters. The van der Waals surface area contributed by atoms with Gasteiger partial charge in [-0.25, -0.2) is 0 Å². The van der Waals surface area contributed by atoms with Crippen molar-refractivity contribution in [2.24, 2.45) is 23.7 Å². The lowest BCUT2D eigenvalue weighted by molar-refractivity contribution is 0.177. The largest absolute Gasteiger partial charge is 0.485 e. The second kappa shape index (κ2) is 11.1. The lowest BCUT2D eigenvalue weighted by Crippen LogP contribution is -2.31. The van der Waals surface area contributed by atoms with E-state index in [1.807, 2.05) is 0 Å². The van der Waals surface area contributed by atoms with Crippen LogP contribution in [0.2, 0.25) is 0 Å². The summed E-state index contributed by atoms with van der Waals surface area (Å²) in [7, 11) is 0. The molecular formula is C46H46N2O. The number of nitrogens with zero attached hydrogens (tertiary/aromatic N) is 2. The summed E-state index contributed by atoms with van der Waals surface area (Å²) in [6, 6.07) is 5.28. The first-order chi connectivity index (χ1) is 24.3. The standard InChI is InChI=1S/C46H46N2O/c1-2-14-31(15-3-1)47-40-25-24-29-12-4-5-17-33(29)45(40)38-27-37-35-18-6-8-21-39(35)48(41(37)28-42(38)47)32-16-10-13-30(26-32)34-20-11-23-44-46(34)36-19-7-9-22-43(36)49-44/h2,6-7,9-11,13-16,18-19,23,25,27-30,33-34,43,45H,1,3-5,8,12,17,20-22,24,26H2. The lowest BCUT2D eigenvalue weighted by Gasteiger charge is -2.40. The molecule has 246 valence electrons. The molecule has 49 heavy (non-hydrogen) atoms. The van der Waals surface area contributed by atoms with Gasteiger partial charge in [0.15, 0.2) is 0 Å². The SMILES string of the molecule is C1=CCC2OC3=C(C2=C1)C(C1C=CC=C(n2c4c(c5cc6c(cc52)N(C2=CCCC=C2)C2=CCC5CCCCC5C26)C=CCC4)C1)CC=C3. The van der Waals surface area contributed by atoms with Gasteiger partial charge < -0.3 is 14.2 Å². The molecule has 1 saturated carbocycles. The number of fused-ring (bicyclic) bond motifs is 10. The Balaban J connectivity index is 1.04. The zero-order valence-electron chi connectivity index (χ0n) is 28.5. The predicted octanol–water partition coefficient (Wildman–Crippen LogP) is 11.4. The van der Waals surface area contributed by atoms with E-state index >= 15 is 0 Å². The molecule has 3 heteroatoms. The van der Waals surface area contributed by atoms with Gasteiger partial charge in [-0.3, -0.25) is 0 Å². The number of anilines is 1. The van der Waals surface area contributed by atoms with E-state index in [-0.39, 0.29) is 6.10 Å². The maximum atomic E-state index is 6.50. The van der Waals surface area contributed by atoms with E-state index in [4.69, 9.17) is 4.74 Å². The van der Waals surface area contributed by atoms with Gasteiger partial charge >= 0.3 is 0 Å². The fraction of sp³-hybridized carbons (Fsp3) is 0.391. The van der Waals surface area contributed by atoms with Crippen molar-refractivity contribution in [3.63, 3.8) is 0 Å². The molecule has 0 N–H and O–H groups in total. The van der Waals surface area contributed by atoms with E-state index in [0.717, 1.165) is 62.5 Å². The Kier molecular flexibility index (Phi) is 6.50. The van der Waals surface area contributed by atoms with Gasteiger partial charge in [0.1, 0.15) is 11.9 Å². The molecule has 1 aromatic heterocycles. The number of hydrogen-bond acceptors (Lipinski definition) is 2. The normalized spacial score (nSPS) is 32.0. The highest BCUT2D eigenvalue weighted by atomic mass is 16.5. The first-order valence-corrected chi connectivity index (χ1v) is 19.4. The Labute approximate surface area is 290 Å². The quantitative estimate of drug-likeness (QED) is 0.331. The van der Waals surface area contributed by atoms with Gasteiger partial charge in [-0.1, -0.05) is 79.7 Å². The van der Waals surface area contributed by atoms with Crippen LogP contribution in [0.4, 0.5) is 5.69 Å². The Morgan fingerprint density at radius 2 is 1.78 bits per heavy atom. The van der Waals surface area contributed by atoms with E-state index in [2.05, 4.69) is 107 Å². The Hall–Kier alpha value is -4.24. The van der Waals surface area contributed by atoms with Gasteiger partial charge in [0.2, 0.25) is 0 Å². The molecule has 0 saturated heterocycles. The van der Waals surface area contributed by atoms with Crippen LogP contribution in [0.15, 0.2) is 119 Å². The minimum absolute atomic E-state index is 0.192. The van der Waals surface area contributed by atoms with Gasteiger partial charge in [-0.15, -0.1) is 0 Å². The van der Waals surface area contributed by atoms with Crippen molar-refractivity contribution >= 4 is 28.4 Å². The molecular weight excluding hydrogens is 597 g/mol. The van der Waals surface area contributed by atoms with Crippen molar-refractivity contribution in [1.82, 2.24) is 4.57 Å². The highest BCUT2D eigenvalue weighted by Gasteiger charge is 2.46. The molecule has 1 fully saturated rings. The highest BCUT2D eigenvalue weighted by molar-refractivity contribution is 5.99. The Bertz CT molecular complexity index is 2100. The summed E-state index contributed by atoms with van der Waals surface area (Å²) >= 11 is 0. The van der Waals surface area contributed by atoms with Crippen LogP contribution in [-0.4, -0.2) is 10.7 Å². The van der Waals surface area contributed by atoms with E-state index in [1.54, 1.807) is 11.3 Å². The van der Waals surface area contributed by atoms with Crippen molar-refractivity contribution in [3.8, 4) is 0 Å². The molecule has 0 amide bonds. The maximum Gasteiger partial charge on any atom is 0.128 e. The van der Waals surface area contributed by atoms with Gasteiger partial charge in [0.25, 0.3) is 0 Å². The van der Waals surface area contributed by atoms with E-state index in [0.29, 0.717) is 17.8 Å². The summed E-state index contributed by atoms with van der Waals surface area (Å²) in [6.07, 6.45) is 48.1. The predicted molar refractivity (Wildman–Crippen MR) is 202 cm³/mol. The van der Waals surface area contributed by atoms with E-state index in [9.17, 15) is 0 Å². The number of rotatable bonds is 3. The van der Waals surface area contributed by atoms with Crippen molar-refractivity contribution in [2.45, 2.75) is 89.1 Å². The fourth-order valence-electron chi connectivity index (χ4n) is 11.3. The van der Waals surface area contributed by atoms with E-state index in [1.165, 1.54) is 82.5 Å². The fourth-order valence-corrected chi connectivity index (χ4v) is 11.3. The molecule has 6 atom stereocenters. The van der Waals surface area contributed by atoms with Crippen molar-refractivity contribution in [3.05, 3.63) is 136 Å². The molecule has 3 nitrogen and oxygen atoms in total. The molecule has 11 rings (SSSR count). The summed E-state index contributed by atoms with van der Waals surface area (Å²) in [5.41, 5.74) is 14.7. The first kappa shape index (κ1) is 28.6. The minimum Gasteiger partial charge on any atom is -0.485 e. The maximum absolute atomic E-state index is 6.50. The number of hydrogen-bond donors (Lipinski definition) is 0. The summed E-state index contributed by atoms with van der Waals surface area (Å²) in [4.78, 5) is 2.69. The molecule has 3 heterocycles. The van der Waals surface area contributed by atoms with Gasteiger partial charge in [0, 0.05) is 51.6 Å². The third kappa shape index (κ3) is 4.27. The Morgan fingerprint density at radius 1 is 0.816 bits per heavy atom. The third-order valence-electron chi connectivity index (χ3n) is 13.4. The van der Waals surface area contributed by atoms with Crippen LogP contribution >= 0.6 is 0 Å². The van der Waals surface area contributed by atoms with Crippen LogP contribution in [0, 0.1) is 23.7 Å². The summed E-state index contributed by atoms with van der Waals surface area (Å²) in [5, 5.41) is 1.46. The summed E-state index contributed by atoms with van der Waals surface area (Å²) < 4.78 is 9.21. The van der Waals surface area contributed by atoms with Crippen LogP contribution in [0.1, 0.15) is 93.4 Å². The molecule has 0 bridgehead atoms. The second-order valence-electron chi connectivity index (χ2n) is 15.9.